The number of ether oxygens (including phenoxy) is 1. The number of aliphatic hydroxyl groups is 1. The average molecular weight is 298 g/mol. The molecule has 1 heterocycles. The van der Waals surface area contributed by atoms with Gasteiger partial charge in [-0.1, -0.05) is 0 Å². The van der Waals surface area contributed by atoms with Crippen molar-refractivity contribution in [2.75, 3.05) is 26.3 Å². The van der Waals surface area contributed by atoms with Crippen LogP contribution in [0.2, 0.25) is 0 Å². The zero-order chi connectivity index (χ0) is 14.4. The van der Waals surface area contributed by atoms with Crippen LogP contribution in [0.1, 0.15) is 25.3 Å². The van der Waals surface area contributed by atoms with Gasteiger partial charge in [-0.05, 0) is 48.1 Å². The number of amides is 2. The average Bonchev–Trinajstić information content (AvgIpc) is 3.06. The lowest BCUT2D eigenvalue weighted by Crippen LogP contribution is -2.44. The molecule has 0 unspecified atom stereocenters. The molecular weight excluding hydrogens is 276 g/mol. The molecule has 0 aliphatic heterocycles. The third-order valence-electron chi connectivity index (χ3n) is 3.32. The Bertz CT molecular complexity index is 416. The highest BCUT2D eigenvalue weighted by atomic mass is 32.1. The fourth-order valence-electron chi connectivity index (χ4n) is 1.76. The molecule has 3 N–H and O–H groups in total. The Morgan fingerprint density at radius 2 is 2.35 bits per heavy atom. The Kier molecular flexibility index (Phi) is 5.39. The summed E-state index contributed by atoms with van der Waals surface area (Å²) in [7, 11) is 0. The minimum absolute atomic E-state index is 0.179. The number of rotatable bonds is 8. The lowest BCUT2D eigenvalue weighted by atomic mass is 9.99. The summed E-state index contributed by atoms with van der Waals surface area (Å²) in [6, 6.07) is 1.58. The molecule has 0 radical (unpaired) electrons. The number of carbonyl (C=O) groups excluding carboxylic acids is 1. The van der Waals surface area contributed by atoms with Gasteiger partial charge in [0.15, 0.2) is 0 Å². The molecule has 1 atom stereocenters. The van der Waals surface area contributed by atoms with Gasteiger partial charge < -0.3 is 20.5 Å². The van der Waals surface area contributed by atoms with Crippen LogP contribution in [0.3, 0.4) is 0 Å². The van der Waals surface area contributed by atoms with E-state index < -0.39 is 5.60 Å². The molecule has 2 rings (SSSR count). The maximum absolute atomic E-state index is 11.6. The number of nitrogens with one attached hydrogen (secondary N) is 2. The number of hydrogen-bond donors (Lipinski definition) is 3. The number of carbonyl (C=O) groups is 1. The van der Waals surface area contributed by atoms with Crippen LogP contribution in [0.4, 0.5) is 4.79 Å². The van der Waals surface area contributed by atoms with E-state index in [9.17, 15) is 9.90 Å². The first-order chi connectivity index (χ1) is 9.58. The molecule has 5 nitrogen and oxygen atoms in total. The van der Waals surface area contributed by atoms with Gasteiger partial charge in [0.05, 0.1) is 13.2 Å². The van der Waals surface area contributed by atoms with E-state index in [1.54, 1.807) is 6.92 Å². The summed E-state index contributed by atoms with van der Waals surface area (Å²) in [5, 5.41) is 19.4. The predicted octanol–water partition coefficient (Wildman–Crippen LogP) is 1.68. The monoisotopic (exact) mass is 298 g/mol. The van der Waals surface area contributed by atoms with E-state index in [1.165, 1.54) is 24.2 Å². The Hall–Kier alpha value is -1.11. The molecule has 0 aromatic carbocycles. The summed E-state index contributed by atoms with van der Waals surface area (Å²) in [4.78, 5) is 11.6. The topological polar surface area (TPSA) is 70.6 Å². The van der Waals surface area contributed by atoms with Crippen molar-refractivity contribution in [1.82, 2.24) is 10.6 Å². The highest BCUT2D eigenvalue weighted by Gasteiger charge is 2.24. The molecular formula is C14H22N2O3S. The van der Waals surface area contributed by atoms with Crippen LogP contribution in [0.5, 0.6) is 0 Å². The number of urea groups is 1. The highest BCUT2D eigenvalue weighted by Crippen LogP contribution is 2.28. The van der Waals surface area contributed by atoms with E-state index >= 15 is 0 Å². The summed E-state index contributed by atoms with van der Waals surface area (Å²) in [5.74, 6) is 0.740. The van der Waals surface area contributed by atoms with Crippen molar-refractivity contribution < 1.29 is 14.6 Å². The summed E-state index contributed by atoms with van der Waals surface area (Å²) < 4.78 is 5.42. The molecule has 0 bridgehead atoms. The quantitative estimate of drug-likeness (QED) is 0.640. The van der Waals surface area contributed by atoms with Crippen molar-refractivity contribution in [2.45, 2.75) is 25.4 Å². The van der Waals surface area contributed by atoms with Crippen molar-refractivity contribution in [1.29, 1.82) is 0 Å². The van der Waals surface area contributed by atoms with Gasteiger partial charge in [0.1, 0.15) is 5.60 Å². The first-order valence-corrected chi connectivity index (χ1v) is 7.87. The lowest BCUT2D eigenvalue weighted by Gasteiger charge is -2.22. The molecule has 1 aliphatic carbocycles. The molecule has 2 amide bonds. The summed E-state index contributed by atoms with van der Waals surface area (Å²) >= 11 is 1.52. The van der Waals surface area contributed by atoms with Gasteiger partial charge >= 0.3 is 6.03 Å². The predicted molar refractivity (Wildman–Crippen MR) is 78.8 cm³/mol. The Morgan fingerprint density at radius 3 is 3.00 bits per heavy atom. The third-order valence-corrected chi connectivity index (χ3v) is 4.00. The van der Waals surface area contributed by atoms with E-state index in [-0.39, 0.29) is 12.6 Å². The van der Waals surface area contributed by atoms with Crippen molar-refractivity contribution in [3.63, 3.8) is 0 Å². The first kappa shape index (κ1) is 15.3. The van der Waals surface area contributed by atoms with E-state index in [1.807, 2.05) is 16.8 Å². The normalized spacial score (nSPS) is 17.5. The number of thiophene rings is 1. The Balaban J connectivity index is 1.57. The molecule has 1 saturated carbocycles. The Labute approximate surface area is 123 Å². The van der Waals surface area contributed by atoms with Gasteiger partial charge in [-0.25, -0.2) is 4.79 Å². The second-order valence-corrected chi connectivity index (χ2v) is 6.19. The second-order valence-electron chi connectivity index (χ2n) is 5.41. The second kappa shape index (κ2) is 7.06. The van der Waals surface area contributed by atoms with Crippen LogP contribution in [-0.4, -0.2) is 37.4 Å². The fourth-order valence-corrected chi connectivity index (χ4v) is 2.54. The van der Waals surface area contributed by atoms with Crippen LogP contribution in [0, 0.1) is 5.92 Å². The molecule has 112 valence electrons. The van der Waals surface area contributed by atoms with E-state index in [0.717, 1.165) is 18.1 Å². The smallest absolute Gasteiger partial charge is 0.314 e. The van der Waals surface area contributed by atoms with Crippen molar-refractivity contribution in [3.8, 4) is 0 Å². The van der Waals surface area contributed by atoms with Gasteiger partial charge in [-0.3, -0.25) is 0 Å². The third kappa shape index (κ3) is 5.11. The molecule has 1 aromatic heterocycles. The van der Waals surface area contributed by atoms with Gasteiger partial charge in [0, 0.05) is 13.2 Å². The maximum Gasteiger partial charge on any atom is 0.314 e. The lowest BCUT2D eigenvalue weighted by molar-refractivity contribution is 0.0596. The minimum Gasteiger partial charge on any atom is -0.384 e. The van der Waals surface area contributed by atoms with Gasteiger partial charge in [-0.2, -0.15) is 11.3 Å². The zero-order valence-corrected chi connectivity index (χ0v) is 12.5. The molecule has 20 heavy (non-hydrogen) atoms. The first-order valence-electron chi connectivity index (χ1n) is 6.92. The van der Waals surface area contributed by atoms with Crippen LogP contribution >= 0.6 is 11.3 Å². The molecule has 6 heteroatoms. The summed E-state index contributed by atoms with van der Waals surface area (Å²) in [5.41, 5.74) is -0.227. The van der Waals surface area contributed by atoms with E-state index in [2.05, 4.69) is 10.6 Å². The van der Waals surface area contributed by atoms with Crippen LogP contribution < -0.4 is 10.6 Å². The van der Waals surface area contributed by atoms with E-state index in [4.69, 9.17) is 4.74 Å². The van der Waals surface area contributed by atoms with Crippen molar-refractivity contribution >= 4 is 17.4 Å². The molecule has 1 aromatic rings. The van der Waals surface area contributed by atoms with Gasteiger partial charge in [0.2, 0.25) is 0 Å². The van der Waals surface area contributed by atoms with Crippen molar-refractivity contribution in [2.24, 2.45) is 5.92 Å². The standard InChI is InChI=1S/C14H22N2O3S/c1-14(18,12-4-7-20-9-12)10-16-13(17)15-5-6-19-8-11-2-3-11/h4,7,9,11,18H,2-3,5-6,8,10H2,1H3,(H2,15,16,17)/t14-/m1/s1. The van der Waals surface area contributed by atoms with Crippen LogP contribution in [0.15, 0.2) is 16.8 Å². The highest BCUT2D eigenvalue weighted by molar-refractivity contribution is 7.08. The molecule has 1 fully saturated rings. The molecule has 0 spiro atoms. The van der Waals surface area contributed by atoms with Gasteiger partial charge in [0.25, 0.3) is 0 Å². The minimum atomic E-state index is -1.04. The molecule has 0 saturated heterocycles. The van der Waals surface area contributed by atoms with Crippen molar-refractivity contribution in [3.05, 3.63) is 22.4 Å². The maximum atomic E-state index is 11.6. The fraction of sp³-hybridized carbons (Fsp3) is 0.643. The Morgan fingerprint density at radius 1 is 1.55 bits per heavy atom. The number of hydrogen-bond acceptors (Lipinski definition) is 4. The zero-order valence-electron chi connectivity index (χ0n) is 11.7. The molecule has 1 aliphatic rings. The van der Waals surface area contributed by atoms with E-state index in [0.29, 0.717) is 13.2 Å². The SMILES string of the molecule is C[C@@](O)(CNC(=O)NCCOCC1CC1)c1ccsc1. The summed E-state index contributed by atoms with van der Waals surface area (Å²) in [6.45, 7) is 3.69. The largest absolute Gasteiger partial charge is 0.384 e. The summed E-state index contributed by atoms with van der Waals surface area (Å²) in [6.07, 6.45) is 2.54. The van der Waals surface area contributed by atoms with Gasteiger partial charge in [-0.15, -0.1) is 0 Å². The van der Waals surface area contributed by atoms with Crippen LogP contribution in [0.25, 0.3) is 0 Å². The van der Waals surface area contributed by atoms with Crippen LogP contribution in [-0.2, 0) is 10.3 Å².